The Morgan fingerprint density at radius 2 is 1.60 bits per heavy atom. The van der Waals surface area contributed by atoms with Gasteiger partial charge in [-0.15, -0.1) is 0 Å². The Kier molecular flexibility index (Phi) is 3.98. The van der Waals surface area contributed by atoms with E-state index in [1.807, 2.05) is 0 Å². The number of phenolic OH excluding ortho intramolecular Hbond substituents is 1. The average Bonchev–Trinajstić information content (AvgIpc) is 2.57. The maximum Gasteiger partial charge on any atom is 0.187 e. The topological polar surface area (TPSA) is 84.9 Å². The molecule has 8 heteroatoms. The summed E-state index contributed by atoms with van der Waals surface area (Å²) in [5.41, 5.74) is 2.11. The van der Waals surface area contributed by atoms with E-state index in [4.69, 9.17) is 9.47 Å². The number of carbonyl (C=O) groups excluding carboxylic acids is 2. The Hall–Kier alpha value is -2.03. The first kappa shape index (κ1) is 16.4. The highest BCUT2D eigenvalue weighted by Gasteiger charge is 2.42. The van der Waals surface area contributed by atoms with E-state index < -0.39 is 11.7 Å². The molecular formula is C17H13BrFNO5. The van der Waals surface area contributed by atoms with Crippen molar-refractivity contribution in [3.63, 3.8) is 0 Å². The average molecular weight is 410 g/mol. The Bertz CT molecular complexity index is 834. The minimum atomic E-state index is -0.782. The number of carbonyl (C=O) groups is 2. The lowest BCUT2D eigenvalue weighted by Crippen LogP contribution is -2.42. The molecule has 0 saturated heterocycles. The molecule has 4 rings (SSSR count). The Morgan fingerprint density at radius 3 is 2.16 bits per heavy atom. The summed E-state index contributed by atoms with van der Waals surface area (Å²) in [6.45, 7) is 0.165. The predicted octanol–water partition coefficient (Wildman–Crippen LogP) is 1.69. The molecule has 0 spiro atoms. The molecule has 0 radical (unpaired) electrons. The summed E-state index contributed by atoms with van der Waals surface area (Å²) in [6.07, 6.45) is 0. The molecule has 0 saturated carbocycles. The van der Waals surface area contributed by atoms with E-state index in [2.05, 4.69) is 21.2 Å². The third kappa shape index (κ3) is 2.61. The highest BCUT2D eigenvalue weighted by Crippen LogP contribution is 2.45. The molecule has 0 fully saturated rings. The number of hydrogen-bond acceptors (Lipinski definition) is 6. The lowest BCUT2D eigenvalue weighted by atomic mass is 9.76. The number of nitrogens with one attached hydrogen (secondary N) is 1. The summed E-state index contributed by atoms with van der Waals surface area (Å²) in [4.78, 5) is 25.0. The van der Waals surface area contributed by atoms with Gasteiger partial charge in [0.25, 0.3) is 0 Å². The van der Waals surface area contributed by atoms with E-state index in [1.54, 1.807) is 0 Å². The molecule has 3 heterocycles. The van der Waals surface area contributed by atoms with Gasteiger partial charge in [0.15, 0.2) is 11.6 Å². The molecule has 1 aromatic carbocycles. The Labute approximate surface area is 150 Å². The first-order valence-corrected chi connectivity index (χ1v) is 8.39. The zero-order chi connectivity index (χ0) is 17.7. The van der Waals surface area contributed by atoms with Crippen LogP contribution in [0.15, 0.2) is 39.1 Å². The normalized spacial score (nSPS) is 21.2. The van der Waals surface area contributed by atoms with Gasteiger partial charge in [0.1, 0.15) is 24.8 Å². The number of dihydropyridines is 1. The molecule has 0 aromatic heterocycles. The van der Waals surface area contributed by atoms with Crippen LogP contribution in [0, 0.1) is 5.82 Å². The molecule has 0 aliphatic carbocycles. The smallest absolute Gasteiger partial charge is 0.187 e. The number of hydrogen-bond donors (Lipinski definition) is 2. The second-order valence-electron chi connectivity index (χ2n) is 6.00. The Balaban J connectivity index is 1.96. The van der Waals surface area contributed by atoms with Crippen LogP contribution in [0.5, 0.6) is 5.75 Å². The second-order valence-corrected chi connectivity index (χ2v) is 6.85. The number of rotatable bonds is 1. The zero-order valence-electron chi connectivity index (χ0n) is 12.9. The molecule has 25 heavy (non-hydrogen) atoms. The van der Waals surface area contributed by atoms with Crippen LogP contribution in [0.3, 0.4) is 0 Å². The molecule has 0 bridgehead atoms. The van der Waals surface area contributed by atoms with Crippen LogP contribution in [-0.4, -0.2) is 43.1 Å². The molecule has 6 nitrogen and oxygen atoms in total. The van der Waals surface area contributed by atoms with Crippen molar-refractivity contribution >= 4 is 27.5 Å². The van der Waals surface area contributed by atoms with Crippen molar-refractivity contribution in [2.45, 2.75) is 5.92 Å². The molecule has 0 unspecified atom stereocenters. The lowest BCUT2D eigenvalue weighted by Gasteiger charge is -2.37. The van der Waals surface area contributed by atoms with Gasteiger partial charge in [-0.2, -0.15) is 0 Å². The molecular weight excluding hydrogens is 397 g/mol. The third-order valence-electron chi connectivity index (χ3n) is 4.47. The van der Waals surface area contributed by atoms with Gasteiger partial charge in [0.05, 0.1) is 17.7 Å². The van der Waals surface area contributed by atoms with Crippen molar-refractivity contribution in [3.05, 3.63) is 50.5 Å². The highest BCUT2D eigenvalue weighted by atomic mass is 79.9. The van der Waals surface area contributed by atoms with Gasteiger partial charge in [-0.25, -0.2) is 4.39 Å². The fourth-order valence-corrected chi connectivity index (χ4v) is 3.80. The standard InChI is InChI=1S/C17H13BrFNO5/c18-8-1-7(12(21)2-9(8)19)15-16-10(3-24-5-13(16)22)20-11-4-25-6-14(23)17(11)15/h1-2,15,20-21H,3-6H2. The summed E-state index contributed by atoms with van der Waals surface area (Å²) < 4.78 is 24.4. The second kappa shape index (κ2) is 6.05. The summed E-state index contributed by atoms with van der Waals surface area (Å²) in [7, 11) is 0. The molecule has 1 aromatic rings. The summed E-state index contributed by atoms with van der Waals surface area (Å²) in [5, 5.41) is 13.4. The minimum Gasteiger partial charge on any atom is -0.508 e. The molecule has 2 N–H and O–H groups in total. The van der Waals surface area contributed by atoms with Crippen LogP contribution in [0.2, 0.25) is 0 Å². The molecule has 0 atom stereocenters. The number of phenols is 1. The number of halogens is 2. The van der Waals surface area contributed by atoms with Gasteiger partial charge in [0, 0.05) is 40.1 Å². The summed E-state index contributed by atoms with van der Waals surface area (Å²) in [6, 6.07) is 2.37. The van der Waals surface area contributed by atoms with Crippen molar-refractivity contribution in [1.29, 1.82) is 0 Å². The van der Waals surface area contributed by atoms with Crippen molar-refractivity contribution in [2.24, 2.45) is 0 Å². The number of aromatic hydroxyl groups is 1. The van der Waals surface area contributed by atoms with Crippen LogP contribution < -0.4 is 5.32 Å². The summed E-state index contributed by atoms with van der Waals surface area (Å²) in [5.74, 6) is -2.27. The predicted molar refractivity (Wildman–Crippen MR) is 87.3 cm³/mol. The molecule has 3 aliphatic rings. The van der Waals surface area contributed by atoms with Gasteiger partial charge in [-0.3, -0.25) is 9.59 Å². The van der Waals surface area contributed by atoms with Crippen molar-refractivity contribution < 1.29 is 28.6 Å². The van der Waals surface area contributed by atoms with Gasteiger partial charge < -0.3 is 19.9 Å². The fourth-order valence-electron chi connectivity index (χ4n) is 3.44. The van der Waals surface area contributed by atoms with Crippen LogP contribution in [0.25, 0.3) is 0 Å². The molecule has 3 aliphatic heterocycles. The monoisotopic (exact) mass is 409 g/mol. The largest absolute Gasteiger partial charge is 0.508 e. The molecule has 0 amide bonds. The maximum atomic E-state index is 13.7. The van der Waals surface area contributed by atoms with Crippen LogP contribution in [0.1, 0.15) is 11.5 Å². The first-order valence-electron chi connectivity index (χ1n) is 7.60. The number of ether oxygens (including phenoxy) is 2. The van der Waals surface area contributed by atoms with Crippen LogP contribution in [-0.2, 0) is 19.1 Å². The quantitative estimate of drug-likeness (QED) is 0.733. The maximum absolute atomic E-state index is 13.7. The fraction of sp³-hybridized carbons (Fsp3) is 0.294. The van der Waals surface area contributed by atoms with E-state index in [0.717, 1.165) is 6.07 Å². The van der Waals surface area contributed by atoms with Crippen LogP contribution in [0.4, 0.5) is 4.39 Å². The van der Waals surface area contributed by atoms with Gasteiger partial charge >= 0.3 is 0 Å². The number of Topliss-reactive ketones (excluding diaryl/α,β-unsaturated/α-hetero) is 2. The van der Waals surface area contributed by atoms with Crippen molar-refractivity contribution in [2.75, 3.05) is 26.4 Å². The van der Waals surface area contributed by atoms with Gasteiger partial charge in [-0.1, -0.05) is 0 Å². The van der Waals surface area contributed by atoms with E-state index in [1.165, 1.54) is 6.07 Å². The number of benzene rings is 1. The van der Waals surface area contributed by atoms with Crippen molar-refractivity contribution in [1.82, 2.24) is 5.32 Å². The van der Waals surface area contributed by atoms with E-state index in [9.17, 15) is 19.1 Å². The van der Waals surface area contributed by atoms with E-state index >= 15 is 0 Å². The van der Waals surface area contributed by atoms with Gasteiger partial charge in [0.2, 0.25) is 0 Å². The van der Waals surface area contributed by atoms with Crippen LogP contribution >= 0.6 is 15.9 Å². The van der Waals surface area contributed by atoms with Gasteiger partial charge in [-0.05, 0) is 22.0 Å². The zero-order valence-corrected chi connectivity index (χ0v) is 14.5. The summed E-state index contributed by atoms with van der Waals surface area (Å²) >= 11 is 3.10. The molecule has 130 valence electrons. The number of ketones is 2. The van der Waals surface area contributed by atoms with E-state index in [-0.39, 0.29) is 48.2 Å². The lowest BCUT2D eigenvalue weighted by molar-refractivity contribution is -0.122. The minimum absolute atomic E-state index is 0.104. The Morgan fingerprint density at radius 1 is 1.04 bits per heavy atom. The van der Waals surface area contributed by atoms with Crippen molar-refractivity contribution in [3.8, 4) is 5.75 Å². The first-order chi connectivity index (χ1) is 12.0. The third-order valence-corrected chi connectivity index (χ3v) is 5.08. The van der Waals surface area contributed by atoms with E-state index in [0.29, 0.717) is 28.1 Å². The highest BCUT2D eigenvalue weighted by molar-refractivity contribution is 9.10. The SMILES string of the molecule is O=C1COCC2=C1C(c1cc(Br)c(F)cc1O)C1=C(COCC1=O)N2.